The summed E-state index contributed by atoms with van der Waals surface area (Å²) >= 11 is 0. The largest absolute Gasteiger partial charge is 0.384 e. The minimum Gasteiger partial charge on any atom is -0.384 e. The van der Waals surface area contributed by atoms with E-state index in [-0.39, 0.29) is 0 Å². The molecule has 94 valence electrons. The number of fused-ring (bicyclic) bond motifs is 1. The Hall–Kier alpha value is -2.33. The van der Waals surface area contributed by atoms with Crippen molar-refractivity contribution in [2.24, 2.45) is 0 Å². The van der Waals surface area contributed by atoms with E-state index in [4.69, 9.17) is 0 Å². The average molecular weight is 251 g/mol. The Morgan fingerprint density at radius 2 is 1.63 bits per heavy atom. The number of hydrogen-bond donors (Lipinski definition) is 1. The third-order valence-corrected chi connectivity index (χ3v) is 3.06. The number of pyridine rings is 1. The fraction of sp³-hybridized carbons (Fsp3) is 0.133. The molecule has 0 aliphatic carbocycles. The van der Waals surface area contributed by atoms with Crippen LogP contribution in [0.15, 0.2) is 48.9 Å². The zero-order chi connectivity index (χ0) is 13.2. The van der Waals surface area contributed by atoms with Gasteiger partial charge in [-0.15, -0.1) is 0 Å². The van der Waals surface area contributed by atoms with Crippen LogP contribution in [0.25, 0.3) is 11.0 Å². The summed E-state index contributed by atoms with van der Waals surface area (Å²) in [6.07, 6.45) is 4.30. The Bertz CT molecular complexity index is 710. The number of aromatic nitrogens is 3. The number of nitrogens with zero attached hydrogens (tertiary/aromatic N) is 3. The van der Waals surface area contributed by atoms with Gasteiger partial charge in [-0.2, -0.15) is 0 Å². The number of aliphatic hydroxyl groups excluding tert-OH is 1. The molecular formula is C15H13N3O. The molecule has 0 saturated heterocycles. The van der Waals surface area contributed by atoms with Gasteiger partial charge in [0.25, 0.3) is 0 Å². The standard InChI is InChI=1S/C15H13N3O/c1-10-2-3-12(9-18-10)15(19)11-4-5-13-14(8-11)17-7-6-16-13/h2-9,15,19H,1H3. The lowest BCUT2D eigenvalue weighted by molar-refractivity contribution is 0.220. The first-order valence-corrected chi connectivity index (χ1v) is 6.05. The van der Waals surface area contributed by atoms with E-state index in [2.05, 4.69) is 15.0 Å². The maximum atomic E-state index is 10.4. The van der Waals surface area contributed by atoms with Crippen LogP contribution in [0.4, 0.5) is 0 Å². The molecule has 0 aliphatic heterocycles. The van der Waals surface area contributed by atoms with Crippen molar-refractivity contribution in [2.75, 3.05) is 0 Å². The Morgan fingerprint density at radius 1 is 0.895 bits per heavy atom. The summed E-state index contributed by atoms with van der Waals surface area (Å²) < 4.78 is 0. The van der Waals surface area contributed by atoms with Crippen molar-refractivity contribution in [2.45, 2.75) is 13.0 Å². The van der Waals surface area contributed by atoms with Gasteiger partial charge in [0.15, 0.2) is 0 Å². The quantitative estimate of drug-likeness (QED) is 0.760. The van der Waals surface area contributed by atoms with E-state index in [1.54, 1.807) is 18.6 Å². The van der Waals surface area contributed by atoms with Crippen LogP contribution in [0.2, 0.25) is 0 Å². The van der Waals surface area contributed by atoms with Crippen LogP contribution in [0.3, 0.4) is 0 Å². The van der Waals surface area contributed by atoms with Crippen molar-refractivity contribution in [1.82, 2.24) is 15.0 Å². The lowest BCUT2D eigenvalue weighted by atomic mass is 10.0. The van der Waals surface area contributed by atoms with Gasteiger partial charge in [0, 0.05) is 29.8 Å². The minimum absolute atomic E-state index is 0.695. The molecule has 0 aliphatic rings. The average Bonchev–Trinajstić information content (AvgIpc) is 2.47. The topological polar surface area (TPSA) is 58.9 Å². The van der Waals surface area contributed by atoms with Gasteiger partial charge in [0.1, 0.15) is 6.10 Å². The summed E-state index contributed by atoms with van der Waals surface area (Å²) in [6, 6.07) is 9.35. The maximum absolute atomic E-state index is 10.4. The Balaban J connectivity index is 2.01. The van der Waals surface area contributed by atoms with E-state index >= 15 is 0 Å². The summed E-state index contributed by atoms with van der Waals surface area (Å²) in [7, 11) is 0. The first kappa shape index (κ1) is 11.7. The normalized spacial score (nSPS) is 12.5. The number of aryl methyl sites for hydroxylation is 1. The molecule has 1 unspecified atom stereocenters. The molecule has 0 saturated carbocycles. The summed E-state index contributed by atoms with van der Waals surface area (Å²) in [4.78, 5) is 12.7. The van der Waals surface area contributed by atoms with Crippen LogP contribution in [0.5, 0.6) is 0 Å². The Kier molecular flexibility index (Phi) is 2.93. The zero-order valence-electron chi connectivity index (χ0n) is 10.5. The highest BCUT2D eigenvalue weighted by atomic mass is 16.3. The van der Waals surface area contributed by atoms with Gasteiger partial charge in [-0.1, -0.05) is 12.1 Å². The van der Waals surface area contributed by atoms with Gasteiger partial charge in [-0.25, -0.2) is 0 Å². The molecule has 4 nitrogen and oxygen atoms in total. The molecule has 0 amide bonds. The lowest BCUT2D eigenvalue weighted by Crippen LogP contribution is -2.01. The number of hydrogen-bond acceptors (Lipinski definition) is 4. The zero-order valence-corrected chi connectivity index (χ0v) is 10.5. The van der Waals surface area contributed by atoms with Gasteiger partial charge in [-0.3, -0.25) is 15.0 Å². The number of aliphatic hydroxyl groups is 1. The van der Waals surface area contributed by atoms with Crippen molar-refractivity contribution < 1.29 is 5.11 Å². The van der Waals surface area contributed by atoms with E-state index < -0.39 is 6.10 Å². The first-order valence-electron chi connectivity index (χ1n) is 6.05. The van der Waals surface area contributed by atoms with Crippen LogP contribution in [-0.4, -0.2) is 20.1 Å². The molecule has 4 heteroatoms. The smallest absolute Gasteiger partial charge is 0.106 e. The molecule has 2 heterocycles. The van der Waals surface area contributed by atoms with Gasteiger partial charge >= 0.3 is 0 Å². The molecule has 0 spiro atoms. The third kappa shape index (κ3) is 2.30. The molecule has 0 radical (unpaired) electrons. The predicted octanol–water partition coefficient (Wildman–Crippen LogP) is 2.41. The summed E-state index contributed by atoms with van der Waals surface area (Å²) in [5.41, 5.74) is 4.09. The number of benzene rings is 1. The molecule has 3 aromatic rings. The van der Waals surface area contributed by atoms with E-state index in [9.17, 15) is 5.11 Å². The van der Waals surface area contributed by atoms with Crippen LogP contribution in [0, 0.1) is 6.92 Å². The van der Waals surface area contributed by atoms with E-state index in [0.717, 1.165) is 27.9 Å². The van der Waals surface area contributed by atoms with Crippen molar-refractivity contribution in [1.29, 1.82) is 0 Å². The molecule has 1 atom stereocenters. The second-order valence-electron chi connectivity index (χ2n) is 4.44. The van der Waals surface area contributed by atoms with E-state index in [1.807, 2.05) is 37.3 Å². The van der Waals surface area contributed by atoms with Crippen molar-refractivity contribution >= 4 is 11.0 Å². The fourth-order valence-corrected chi connectivity index (χ4v) is 1.98. The lowest BCUT2D eigenvalue weighted by Gasteiger charge is -2.11. The highest BCUT2D eigenvalue weighted by molar-refractivity contribution is 5.74. The van der Waals surface area contributed by atoms with Crippen LogP contribution >= 0.6 is 0 Å². The van der Waals surface area contributed by atoms with Crippen molar-refractivity contribution in [3.8, 4) is 0 Å². The van der Waals surface area contributed by atoms with Gasteiger partial charge in [0.2, 0.25) is 0 Å². The first-order chi connectivity index (χ1) is 9.24. The molecule has 0 bridgehead atoms. The maximum Gasteiger partial charge on any atom is 0.106 e. The van der Waals surface area contributed by atoms with Crippen LogP contribution < -0.4 is 0 Å². The fourth-order valence-electron chi connectivity index (χ4n) is 1.98. The molecule has 1 aromatic carbocycles. The van der Waals surface area contributed by atoms with Crippen LogP contribution in [0.1, 0.15) is 22.9 Å². The van der Waals surface area contributed by atoms with E-state index in [0.29, 0.717) is 0 Å². The van der Waals surface area contributed by atoms with Crippen LogP contribution in [-0.2, 0) is 0 Å². The molecule has 2 aromatic heterocycles. The van der Waals surface area contributed by atoms with Gasteiger partial charge < -0.3 is 5.11 Å². The van der Waals surface area contributed by atoms with Crippen molar-refractivity contribution in [3.05, 3.63) is 65.7 Å². The monoisotopic (exact) mass is 251 g/mol. The minimum atomic E-state index is -0.695. The molecule has 19 heavy (non-hydrogen) atoms. The second kappa shape index (κ2) is 4.74. The third-order valence-electron chi connectivity index (χ3n) is 3.06. The Labute approximate surface area is 110 Å². The van der Waals surface area contributed by atoms with Gasteiger partial charge in [-0.05, 0) is 30.7 Å². The second-order valence-corrected chi connectivity index (χ2v) is 4.44. The summed E-state index contributed by atoms with van der Waals surface area (Å²) in [5.74, 6) is 0. The Morgan fingerprint density at radius 3 is 2.37 bits per heavy atom. The molecule has 1 N–H and O–H groups in total. The number of rotatable bonds is 2. The molecule has 0 fully saturated rings. The molecule has 3 rings (SSSR count). The predicted molar refractivity (Wildman–Crippen MR) is 72.6 cm³/mol. The van der Waals surface area contributed by atoms with Gasteiger partial charge in [0.05, 0.1) is 11.0 Å². The summed E-state index contributed by atoms with van der Waals surface area (Å²) in [5, 5.41) is 10.4. The summed E-state index contributed by atoms with van der Waals surface area (Å²) in [6.45, 7) is 1.92. The highest BCUT2D eigenvalue weighted by Gasteiger charge is 2.11. The molecular weight excluding hydrogens is 238 g/mol. The van der Waals surface area contributed by atoms with Crippen molar-refractivity contribution in [3.63, 3.8) is 0 Å². The van der Waals surface area contributed by atoms with E-state index in [1.165, 1.54) is 0 Å². The highest BCUT2D eigenvalue weighted by Crippen LogP contribution is 2.23. The SMILES string of the molecule is Cc1ccc(C(O)c2ccc3nccnc3c2)cn1.